The monoisotopic (exact) mass is 385 g/mol. The van der Waals surface area contributed by atoms with Crippen LogP contribution >= 0.6 is 11.6 Å². The Kier molecular flexibility index (Phi) is 5.24. The summed E-state index contributed by atoms with van der Waals surface area (Å²) in [6, 6.07) is 11.7. The van der Waals surface area contributed by atoms with Crippen molar-refractivity contribution in [3.63, 3.8) is 0 Å². The van der Waals surface area contributed by atoms with Gasteiger partial charge in [-0.25, -0.2) is 0 Å². The number of nitrogens with zero attached hydrogens (tertiary/aromatic N) is 1. The maximum absolute atomic E-state index is 12.9. The lowest BCUT2D eigenvalue weighted by Crippen LogP contribution is -2.31. The maximum atomic E-state index is 12.9. The lowest BCUT2D eigenvalue weighted by molar-refractivity contribution is -0.118. The van der Waals surface area contributed by atoms with E-state index in [4.69, 9.17) is 16.3 Å². The van der Waals surface area contributed by atoms with E-state index >= 15 is 0 Å². The van der Waals surface area contributed by atoms with Crippen molar-refractivity contribution in [1.29, 1.82) is 0 Å². The molecule has 1 atom stereocenters. The van der Waals surface area contributed by atoms with Crippen LogP contribution in [0.4, 0.5) is 5.69 Å². The van der Waals surface area contributed by atoms with Gasteiger partial charge in [0.15, 0.2) is 11.5 Å². The molecule has 0 aliphatic carbocycles. The van der Waals surface area contributed by atoms with E-state index in [0.717, 1.165) is 11.1 Å². The number of Topliss-reactive ketones (excluding diaryl/α,β-unsaturated/α-hetero) is 1. The van der Waals surface area contributed by atoms with E-state index in [1.54, 1.807) is 25.1 Å². The summed E-state index contributed by atoms with van der Waals surface area (Å²) in [7, 11) is 1.50. The summed E-state index contributed by atoms with van der Waals surface area (Å²) in [4.78, 5) is 26.9. The first-order chi connectivity index (χ1) is 12.9. The van der Waals surface area contributed by atoms with Gasteiger partial charge in [0.2, 0.25) is 0 Å². The zero-order chi connectivity index (χ0) is 19.7. The number of hydrogen-bond acceptors (Lipinski definition) is 4. The fraction of sp³-hybridized carbons (Fsp3) is 0.238. The molecule has 140 valence electrons. The normalized spacial score (nSPS) is 16.8. The second-order valence-electron chi connectivity index (χ2n) is 6.29. The van der Waals surface area contributed by atoms with Crippen molar-refractivity contribution in [1.82, 2.24) is 0 Å². The van der Waals surface area contributed by atoms with Gasteiger partial charge < -0.3 is 9.84 Å². The molecule has 27 heavy (non-hydrogen) atoms. The van der Waals surface area contributed by atoms with Crippen molar-refractivity contribution in [3.8, 4) is 5.75 Å². The van der Waals surface area contributed by atoms with Crippen LogP contribution in [0.25, 0.3) is 0 Å². The number of aryl methyl sites for hydroxylation is 1. The second-order valence-corrected chi connectivity index (χ2v) is 6.70. The Morgan fingerprint density at radius 1 is 1.26 bits per heavy atom. The summed E-state index contributed by atoms with van der Waals surface area (Å²) in [6.45, 7) is 3.61. The fourth-order valence-corrected chi connectivity index (χ4v) is 3.59. The van der Waals surface area contributed by atoms with E-state index in [0.29, 0.717) is 16.5 Å². The van der Waals surface area contributed by atoms with Crippen molar-refractivity contribution < 1.29 is 19.4 Å². The summed E-state index contributed by atoms with van der Waals surface area (Å²) < 4.78 is 5.17. The third-order valence-electron chi connectivity index (χ3n) is 4.73. The maximum Gasteiger partial charge on any atom is 0.294 e. The average Bonchev–Trinajstić information content (AvgIpc) is 2.92. The van der Waals surface area contributed by atoms with Crippen LogP contribution in [0.5, 0.6) is 5.75 Å². The summed E-state index contributed by atoms with van der Waals surface area (Å²) >= 11 is 6.24. The molecule has 1 N–H and O–H groups in total. The number of hydrogen-bond donors (Lipinski definition) is 1. The number of halogens is 1. The summed E-state index contributed by atoms with van der Waals surface area (Å²) in [5, 5.41) is 10.8. The molecule has 3 rings (SSSR count). The molecule has 1 amide bonds. The number of carbonyl (C=O) groups is 2. The highest BCUT2D eigenvalue weighted by Crippen LogP contribution is 2.43. The number of ketones is 1. The van der Waals surface area contributed by atoms with Crippen LogP contribution in [-0.2, 0) is 9.59 Å². The van der Waals surface area contributed by atoms with Gasteiger partial charge in [-0.2, -0.15) is 0 Å². The molecule has 0 radical (unpaired) electrons. The molecule has 0 saturated heterocycles. The predicted molar refractivity (Wildman–Crippen MR) is 104 cm³/mol. The molecule has 0 fully saturated rings. The fourth-order valence-electron chi connectivity index (χ4n) is 3.34. The zero-order valence-corrected chi connectivity index (χ0v) is 16.1. The minimum absolute atomic E-state index is 0.115. The van der Waals surface area contributed by atoms with Crippen LogP contribution < -0.4 is 9.64 Å². The standard InChI is InChI=1S/C21H20ClNO4/c1-4-16(24)18-19(14-8-6-5-7-12(14)2)23(21(26)20(18)25)13-9-10-17(27-3)15(22)11-13/h5-11,19,25H,4H2,1-3H3. The smallest absolute Gasteiger partial charge is 0.294 e. The van der Waals surface area contributed by atoms with E-state index in [1.807, 2.05) is 31.2 Å². The van der Waals surface area contributed by atoms with Crippen LogP contribution in [-0.4, -0.2) is 23.9 Å². The number of amides is 1. The van der Waals surface area contributed by atoms with E-state index in [-0.39, 0.29) is 17.8 Å². The lowest BCUT2D eigenvalue weighted by atomic mass is 9.92. The van der Waals surface area contributed by atoms with Crippen molar-refractivity contribution in [2.45, 2.75) is 26.3 Å². The average molecular weight is 386 g/mol. The van der Waals surface area contributed by atoms with Gasteiger partial charge in [0.1, 0.15) is 5.75 Å². The molecule has 0 aromatic heterocycles. The Labute approximate surface area is 162 Å². The minimum Gasteiger partial charge on any atom is -0.503 e. The number of carbonyl (C=O) groups excluding carboxylic acids is 2. The van der Waals surface area contributed by atoms with Crippen LogP contribution in [0.3, 0.4) is 0 Å². The molecular weight excluding hydrogens is 366 g/mol. The molecule has 0 bridgehead atoms. The molecule has 5 nitrogen and oxygen atoms in total. The molecule has 2 aromatic carbocycles. The Morgan fingerprint density at radius 2 is 1.96 bits per heavy atom. The number of methoxy groups -OCH3 is 1. The molecule has 1 unspecified atom stereocenters. The Morgan fingerprint density at radius 3 is 2.56 bits per heavy atom. The summed E-state index contributed by atoms with van der Waals surface area (Å²) in [5.74, 6) is -0.930. The van der Waals surface area contributed by atoms with Gasteiger partial charge in [-0.15, -0.1) is 0 Å². The first kappa shape index (κ1) is 19.0. The summed E-state index contributed by atoms with van der Waals surface area (Å²) in [6.07, 6.45) is 0.187. The van der Waals surface area contributed by atoms with E-state index in [1.165, 1.54) is 12.0 Å². The number of aliphatic hydroxyl groups excluding tert-OH is 1. The van der Waals surface area contributed by atoms with Gasteiger partial charge in [-0.1, -0.05) is 42.8 Å². The van der Waals surface area contributed by atoms with Crippen LogP contribution in [0, 0.1) is 6.92 Å². The van der Waals surface area contributed by atoms with Crippen molar-refractivity contribution in [2.75, 3.05) is 12.0 Å². The van der Waals surface area contributed by atoms with E-state index in [9.17, 15) is 14.7 Å². The number of anilines is 1. The quantitative estimate of drug-likeness (QED) is 0.820. The third kappa shape index (κ3) is 3.19. The molecule has 1 heterocycles. The van der Waals surface area contributed by atoms with Crippen molar-refractivity contribution in [2.24, 2.45) is 0 Å². The first-order valence-electron chi connectivity index (χ1n) is 8.59. The van der Waals surface area contributed by atoms with Crippen molar-refractivity contribution in [3.05, 3.63) is 69.9 Å². The topological polar surface area (TPSA) is 66.8 Å². The zero-order valence-electron chi connectivity index (χ0n) is 15.3. The lowest BCUT2D eigenvalue weighted by Gasteiger charge is -2.28. The molecular formula is C21H20ClNO4. The number of ether oxygens (including phenoxy) is 1. The SMILES string of the molecule is CCC(=O)C1=C(O)C(=O)N(c2ccc(OC)c(Cl)c2)C1c1ccccc1C. The molecule has 2 aromatic rings. The Bertz CT molecular complexity index is 951. The Balaban J connectivity index is 2.20. The number of rotatable bonds is 5. The second kappa shape index (κ2) is 7.45. The van der Waals surface area contributed by atoms with Gasteiger partial charge in [-0.3, -0.25) is 14.5 Å². The third-order valence-corrected chi connectivity index (χ3v) is 5.02. The molecule has 1 aliphatic heterocycles. The highest BCUT2D eigenvalue weighted by Gasteiger charge is 2.44. The number of benzene rings is 2. The van der Waals surface area contributed by atoms with Crippen LogP contribution in [0.1, 0.15) is 30.5 Å². The predicted octanol–water partition coefficient (Wildman–Crippen LogP) is 4.54. The van der Waals surface area contributed by atoms with Crippen LogP contribution in [0.15, 0.2) is 53.8 Å². The van der Waals surface area contributed by atoms with E-state index in [2.05, 4.69) is 0 Å². The van der Waals surface area contributed by atoms with Crippen molar-refractivity contribution >= 4 is 29.0 Å². The van der Waals surface area contributed by atoms with Gasteiger partial charge in [0.05, 0.1) is 23.7 Å². The van der Waals surface area contributed by atoms with Gasteiger partial charge in [0, 0.05) is 12.1 Å². The van der Waals surface area contributed by atoms with Gasteiger partial charge >= 0.3 is 0 Å². The molecule has 0 spiro atoms. The highest BCUT2D eigenvalue weighted by molar-refractivity contribution is 6.32. The van der Waals surface area contributed by atoms with Crippen LogP contribution in [0.2, 0.25) is 5.02 Å². The van der Waals surface area contributed by atoms with E-state index < -0.39 is 17.7 Å². The largest absolute Gasteiger partial charge is 0.503 e. The van der Waals surface area contributed by atoms with Gasteiger partial charge in [-0.05, 0) is 36.2 Å². The minimum atomic E-state index is -0.712. The molecule has 0 saturated carbocycles. The first-order valence-corrected chi connectivity index (χ1v) is 8.97. The summed E-state index contributed by atoms with van der Waals surface area (Å²) in [5.41, 5.74) is 2.28. The molecule has 6 heteroatoms. The Hall–Kier alpha value is -2.79. The number of aliphatic hydroxyl groups is 1. The van der Waals surface area contributed by atoms with Gasteiger partial charge in [0.25, 0.3) is 5.91 Å². The highest BCUT2D eigenvalue weighted by atomic mass is 35.5. The molecule has 1 aliphatic rings.